The molecule has 0 amide bonds. The molecule has 0 aliphatic heterocycles. The second kappa shape index (κ2) is 8.53. The number of aromatic nitrogens is 1. The second-order valence-corrected chi connectivity index (χ2v) is 5.70. The first kappa shape index (κ1) is 17.3. The molecule has 0 fully saturated rings. The molecule has 4 nitrogen and oxygen atoms in total. The third-order valence-corrected chi connectivity index (χ3v) is 3.96. The molecule has 0 atom stereocenters. The molecule has 0 saturated carbocycles. The fourth-order valence-corrected chi connectivity index (χ4v) is 2.55. The lowest BCUT2D eigenvalue weighted by atomic mass is 10.1. The van der Waals surface area contributed by atoms with E-state index >= 15 is 0 Å². The fourth-order valence-electron chi connectivity index (χ4n) is 2.55. The molecule has 0 spiro atoms. The van der Waals surface area contributed by atoms with Crippen molar-refractivity contribution in [3.63, 3.8) is 0 Å². The van der Waals surface area contributed by atoms with Crippen LogP contribution in [0.15, 0.2) is 85.2 Å². The van der Waals surface area contributed by atoms with E-state index in [2.05, 4.69) is 4.98 Å². The predicted molar refractivity (Wildman–Crippen MR) is 95.5 cm³/mol. The highest BCUT2D eigenvalue weighted by Gasteiger charge is 2.34. The Labute approximate surface area is 147 Å². The van der Waals surface area contributed by atoms with Gasteiger partial charge < -0.3 is 14.6 Å². The van der Waals surface area contributed by atoms with E-state index < -0.39 is 5.79 Å². The summed E-state index contributed by atoms with van der Waals surface area (Å²) in [5.74, 6) is -1.24. The molecular formula is C21H21NO3. The van der Waals surface area contributed by atoms with E-state index in [-0.39, 0.29) is 6.61 Å². The first-order valence-electron chi connectivity index (χ1n) is 8.19. The van der Waals surface area contributed by atoms with Gasteiger partial charge >= 0.3 is 0 Å². The van der Waals surface area contributed by atoms with Crippen molar-refractivity contribution >= 4 is 0 Å². The number of pyridine rings is 1. The highest BCUT2D eigenvalue weighted by atomic mass is 16.7. The van der Waals surface area contributed by atoms with Crippen LogP contribution in [0.1, 0.15) is 16.7 Å². The molecule has 0 aliphatic carbocycles. The number of aliphatic hydroxyl groups excluding tert-OH is 1. The first-order valence-corrected chi connectivity index (χ1v) is 8.19. The van der Waals surface area contributed by atoms with E-state index in [9.17, 15) is 5.11 Å². The second-order valence-electron chi connectivity index (χ2n) is 5.70. The SMILES string of the molecule is OCC(OCc1ccccc1)(OCc1ccccc1)c1ccncc1. The minimum absolute atomic E-state index is 0.295. The zero-order valence-electron chi connectivity index (χ0n) is 13.9. The Balaban J connectivity index is 1.81. The van der Waals surface area contributed by atoms with Gasteiger partial charge in [0.2, 0.25) is 5.79 Å². The van der Waals surface area contributed by atoms with Crippen molar-refractivity contribution in [2.45, 2.75) is 19.0 Å². The Morgan fingerprint density at radius 2 is 1.20 bits per heavy atom. The molecule has 0 aliphatic rings. The first-order chi connectivity index (χ1) is 12.3. The summed E-state index contributed by atoms with van der Waals surface area (Å²) in [6.07, 6.45) is 3.33. The van der Waals surface area contributed by atoms with Gasteiger partial charge in [-0.1, -0.05) is 60.7 Å². The molecule has 0 radical (unpaired) electrons. The van der Waals surface area contributed by atoms with Crippen LogP contribution in [0.4, 0.5) is 0 Å². The number of rotatable bonds is 8. The monoisotopic (exact) mass is 335 g/mol. The van der Waals surface area contributed by atoms with E-state index in [1.54, 1.807) is 24.5 Å². The zero-order valence-corrected chi connectivity index (χ0v) is 13.9. The summed E-state index contributed by atoms with van der Waals surface area (Å²) >= 11 is 0. The third-order valence-electron chi connectivity index (χ3n) is 3.96. The van der Waals surface area contributed by atoms with Gasteiger partial charge in [-0.2, -0.15) is 0 Å². The number of aliphatic hydroxyl groups is 1. The van der Waals surface area contributed by atoms with Crippen molar-refractivity contribution in [3.05, 3.63) is 102 Å². The molecular weight excluding hydrogens is 314 g/mol. The molecule has 1 N–H and O–H groups in total. The number of ether oxygens (including phenoxy) is 2. The van der Waals surface area contributed by atoms with Crippen LogP contribution in [0.3, 0.4) is 0 Å². The van der Waals surface area contributed by atoms with Gasteiger partial charge in [-0.25, -0.2) is 0 Å². The summed E-state index contributed by atoms with van der Waals surface area (Å²) in [6, 6.07) is 23.2. The average Bonchev–Trinajstić information content (AvgIpc) is 2.71. The van der Waals surface area contributed by atoms with Gasteiger partial charge in [0, 0.05) is 18.0 Å². The van der Waals surface area contributed by atoms with Gasteiger partial charge in [0.25, 0.3) is 0 Å². The van der Waals surface area contributed by atoms with Crippen molar-refractivity contribution < 1.29 is 14.6 Å². The van der Waals surface area contributed by atoms with Crippen molar-refractivity contribution in [2.75, 3.05) is 6.61 Å². The van der Waals surface area contributed by atoms with Crippen molar-refractivity contribution in [2.24, 2.45) is 0 Å². The van der Waals surface area contributed by atoms with Gasteiger partial charge in [0.05, 0.1) is 13.2 Å². The number of hydrogen-bond acceptors (Lipinski definition) is 4. The smallest absolute Gasteiger partial charge is 0.219 e. The maximum atomic E-state index is 10.1. The van der Waals surface area contributed by atoms with Gasteiger partial charge in [0.1, 0.15) is 6.61 Å². The molecule has 0 unspecified atom stereocenters. The summed E-state index contributed by atoms with van der Waals surface area (Å²) < 4.78 is 12.1. The molecule has 4 heteroatoms. The maximum Gasteiger partial charge on any atom is 0.219 e. The highest BCUT2D eigenvalue weighted by Crippen LogP contribution is 2.29. The molecule has 3 rings (SSSR count). The molecule has 0 bridgehead atoms. The Morgan fingerprint density at radius 3 is 1.64 bits per heavy atom. The van der Waals surface area contributed by atoms with E-state index in [1.807, 2.05) is 60.7 Å². The lowest BCUT2D eigenvalue weighted by molar-refractivity contribution is -0.276. The number of nitrogens with zero attached hydrogens (tertiary/aromatic N) is 1. The van der Waals surface area contributed by atoms with Crippen LogP contribution >= 0.6 is 0 Å². The summed E-state index contributed by atoms with van der Waals surface area (Å²) in [5, 5.41) is 10.1. The fraction of sp³-hybridized carbons (Fsp3) is 0.190. The van der Waals surface area contributed by atoms with Crippen LogP contribution < -0.4 is 0 Å². The standard InChI is InChI=1S/C21H21NO3/c23-17-21(20-11-13-22-14-12-20,24-15-18-7-3-1-4-8-18)25-16-19-9-5-2-6-10-19/h1-14,23H,15-17H2. The van der Waals surface area contributed by atoms with Gasteiger partial charge in [-0.05, 0) is 23.3 Å². The van der Waals surface area contributed by atoms with E-state index in [0.717, 1.165) is 16.7 Å². The highest BCUT2D eigenvalue weighted by molar-refractivity contribution is 5.19. The zero-order chi connectivity index (χ0) is 17.4. The van der Waals surface area contributed by atoms with E-state index in [0.29, 0.717) is 13.2 Å². The van der Waals surface area contributed by atoms with Crippen LogP contribution in [-0.2, 0) is 28.5 Å². The minimum Gasteiger partial charge on any atom is -0.390 e. The van der Waals surface area contributed by atoms with Crippen LogP contribution in [0.2, 0.25) is 0 Å². The molecule has 3 aromatic rings. The largest absolute Gasteiger partial charge is 0.390 e. The van der Waals surface area contributed by atoms with Crippen LogP contribution in [-0.4, -0.2) is 16.7 Å². The van der Waals surface area contributed by atoms with Gasteiger partial charge in [-0.15, -0.1) is 0 Å². The van der Waals surface area contributed by atoms with Crippen molar-refractivity contribution in [1.29, 1.82) is 0 Å². The third kappa shape index (κ3) is 4.51. The Kier molecular flexibility index (Phi) is 5.90. The van der Waals surface area contributed by atoms with E-state index in [1.165, 1.54) is 0 Å². The molecule has 1 heterocycles. The van der Waals surface area contributed by atoms with Crippen LogP contribution in [0.5, 0.6) is 0 Å². The topological polar surface area (TPSA) is 51.6 Å². The quantitative estimate of drug-likeness (QED) is 0.638. The predicted octanol–water partition coefficient (Wildman–Crippen LogP) is 3.66. The summed E-state index contributed by atoms with van der Waals surface area (Å²) in [6.45, 7) is 0.369. The van der Waals surface area contributed by atoms with Gasteiger partial charge in [-0.3, -0.25) is 4.98 Å². The average molecular weight is 335 g/mol. The summed E-state index contributed by atoms with van der Waals surface area (Å²) in [4.78, 5) is 4.04. The molecule has 128 valence electrons. The Morgan fingerprint density at radius 1 is 0.720 bits per heavy atom. The Bertz CT molecular complexity index is 704. The number of hydrogen-bond donors (Lipinski definition) is 1. The van der Waals surface area contributed by atoms with Crippen molar-refractivity contribution in [1.82, 2.24) is 4.98 Å². The normalized spacial score (nSPS) is 11.4. The molecule has 25 heavy (non-hydrogen) atoms. The van der Waals surface area contributed by atoms with Crippen LogP contribution in [0.25, 0.3) is 0 Å². The number of benzene rings is 2. The minimum atomic E-state index is -1.24. The Hall–Kier alpha value is -2.53. The lowest BCUT2D eigenvalue weighted by Crippen LogP contribution is -2.37. The van der Waals surface area contributed by atoms with Gasteiger partial charge in [0.15, 0.2) is 0 Å². The lowest BCUT2D eigenvalue weighted by Gasteiger charge is -2.32. The molecule has 0 saturated heterocycles. The van der Waals surface area contributed by atoms with Crippen molar-refractivity contribution in [3.8, 4) is 0 Å². The van der Waals surface area contributed by atoms with E-state index in [4.69, 9.17) is 9.47 Å². The maximum absolute atomic E-state index is 10.1. The summed E-state index contributed by atoms with van der Waals surface area (Å²) in [7, 11) is 0. The van der Waals surface area contributed by atoms with Crippen LogP contribution in [0, 0.1) is 0 Å². The summed E-state index contributed by atoms with van der Waals surface area (Å²) in [5.41, 5.74) is 2.76. The molecule has 2 aromatic carbocycles. The molecule has 1 aromatic heterocycles.